The van der Waals surface area contributed by atoms with Crippen LogP contribution in [0, 0.1) is 6.92 Å². The number of halogens is 2. The summed E-state index contributed by atoms with van der Waals surface area (Å²) in [6.07, 6.45) is 1.38. The average Bonchev–Trinajstić information content (AvgIpc) is 3.22. The van der Waals surface area contributed by atoms with E-state index in [1.807, 2.05) is 24.3 Å². The summed E-state index contributed by atoms with van der Waals surface area (Å²) in [5, 5.41) is 4.94. The Bertz CT molecular complexity index is 1130. The molecule has 7 heteroatoms. The highest BCUT2D eigenvalue weighted by Gasteiger charge is 2.25. The number of carbonyl (C=O) groups is 1. The van der Waals surface area contributed by atoms with Crippen molar-refractivity contribution in [2.24, 2.45) is 0 Å². The fourth-order valence-electron chi connectivity index (χ4n) is 4.03. The van der Waals surface area contributed by atoms with Gasteiger partial charge in [0.1, 0.15) is 5.82 Å². The van der Waals surface area contributed by atoms with Crippen molar-refractivity contribution in [3.63, 3.8) is 0 Å². The van der Waals surface area contributed by atoms with E-state index in [2.05, 4.69) is 42.2 Å². The lowest BCUT2D eigenvalue weighted by Crippen LogP contribution is -2.31. The maximum atomic E-state index is 12.5. The van der Waals surface area contributed by atoms with Gasteiger partial charge in [-0.3, -0.25) is 4.79 Å². The molecule has 0 radical (unpaired) electrons. The van der Waals surface area contributed by atoms with Crippen LogP contribution in [0.1, 0.15) is 17.5 Å². The second-order valence-electron chi connectivity index (χ2n) is 8.35. The van der Waals surface area contributed by atoms with E-state index in [9.17, 15) is 4.79 Å². The first kappa shape index (κ1) is 21.9. The van der Waals surface area contributed by atoms with Crippen molar-refractivity contribution in [2.75, 3.05) is 37.4 Å². The van der Waals surface area contributed by atoms with Crippen LogP contribution in [0.3, 0.4) is 0 Å². The standard InChI is InChI=1S/C24H26Cl2N4O/c1-15-10-23(30-9-8-18(14-30)29(2)3)28-22-7-5-17(13-19(15)22)27-24(31)12-16-4-6-20(25)21(26)11-16/h4-7,10-11,13,18H,8-9,12,14H2,1-3H3,(H,27,31). The summed E-state index contributed by atoms with van der Waals surface area (Å²) in [7, 11) is 4.26. The van der Waals surface area contributed by atoms with Crippen molar-refractivity contribution in [3.8, 4) is 0 Å². The minimum Gasteiger partial charge on any atom is -0.355 e. The number of benzene rings is 2. The minimum atomic E-state index is -0.105. The smallest absolute Gasteiger partial charge is 0.228 e. The van der Waals surface area contributed by atoms with Gasteiger partial charge in [-0.2, -0.15) is 0 Å². The molecular formula is C24H26Cl2N4O. The van der Waals surface area contributed by atoms with Crippen LogP contribution in [-0.4, -0.2) is 49.0 Å². The molecule has 1 N–H and O–H groups in total. The molecule has 2 aromatic carbocycles. The van der Waals surface area contributed by atoms with Gasteiger partial charge in [0.25, 0.3) is 0 Å². The number of hydrogen-bond donors (Lipinski definition) is 1. The van der Waals surface area contributed by atoms with Crippen LogP contribution >= 0.6 is 23.2 Å². The second-order valence-corrected chi connectivity index (χ2v) is 9.17. The first-order chi connectivity index (χ1) is 14.8. The summed E-state index contributed by atoms with van der Waals surface area (Å²) < 4.78 is 0. The number of aromatic nitrogens is 1. The molecule has 1 aliphatic rings. The summed E-state index contributed by atoms with van der Waals surface area (Å²) >= 11 is 12.0. The monoisotopic (exact) mass is 456 g/mol. The third-order valence-electron chi connectivity index (χ3n) is 5.85. The number of anilines is 2. The number of nitrogens with one attached hydrogen (secondary N) is 1. The summed E-state index contributed by atoms with van der Waals surface area (Å²) in [4.78, 5) is 22.0. The number of pyridine rings is 1. The van der Waals surface area contributed by atoms with Crippen LogP contribution in [0.15, 0.2) is 42.5 Å². The molecule has 0 saturated carbocycles. The minimum absolute atomic E-state index is 0.105. The normalized spacial score (nSPS) is 16.3. The highest BCUT2D eigenvalue weighted by atomic mass is 35.5. The van der Waals surface area contributed by atoms with Gasteiger partial charge in [-0.15, -0.1) is 0 Å². The zero-order chi connectivity index (χ0) is 22.1. The Kier molecular flexibility index (Phi) is 6.37. The first-order valence-corrected chi connectivity index (χ1v) is 11.1. The lowest BCUT2D eigenvalue weighted by Gasteiger charge is -2.22. The molecule has 0 aliphatic carbocycles. The molecule has 5 nitrogen and oxygen atoms in total. The number of carbonyl (C=O) groups excluding carboxylic acids is 1. The Morgan fingerprint density at radius 3 is 2.68 bits per heavy atom. The number of fused-ring (bicyclic) bond motifs is 1. The lowest BCUT2D eigenvalue weighted by atomic mass is 10.1. The third kappa shape index (κ3) is 4.95. The molecule has 2 heterocycles. The van der Waals surface area contributed by atoms with Gasteiger partial charge < -0.3 is 15.1 Å². The molecule has 1 fully saturated rings. The number of hydrogen-bond acceptors (Lipinski definition) is 4. The molecule has 0 bridgehead atoms. The molecule has 0 spiro atoms. The summed E-state index contributed by atoms with van der Waals surface area (Å²) in [5.74, 6) is 0.914. The van der Waals surface area contributed by atoms with Gasteiger partial charge in [0, 0.05) is 30.2 Å². The molecule has 31 heavy (non-hydrogen) atoms. The Labute approximate surface area is 193 Å². The molecular weight excluding hydrogens is 431 g/mol. The lowest BCUT2D eigenvalue weighted by molar-refractivity contribution is -0.115. The van der Waals surface area contributed by atoms with E-state index in [1.54, 1.807) is 12.1 Å². The van der Waals surface area contributed by atoms with Crippen molar-refractivity contribution in [1.82, 2.24) is 9.88 Å². The van der Waals surface area contributed by atoms with E-state index in [-0.39, 0.29) is 12.3 Å². The van der Waals surface area contributed by atoms with Crippen molar-refractivity contribution in [3.05, 3.63) is 63.6 Å². The first-order valence-electron chi connectivity index (χ1n) is 10.4. The zero-order valence-corrected chi connectivity index (χ0v) is 19.5. The van der Waals surface area contributed by atoms with E-state index < -0.39 is 0 Å². The SMILES string of the molecule is Cc1cc(N2CCC(N(C)C)C2)nc2ccc(NC(=O)Cc3ccc(Cl)c(Cl)c3)cc12. The van der Waals surface area contributed by atoms with Crippen LogP contribution in [0.25, 0.3) is 10.9 Å². The molecule has 1 atom stereocenters. The van der Waals surface area contributed by atoms with Gasteiger partial charge in [0.05, 0.1) is 22.0 Å². The topological polar surface area (TPSA) is 48.5 Å². The van der Waals surface area contributed by atoms with Crippen LogP contribution in [0.5, 0.6) is 0 Å². The van der Waals surface area contributed by atoms with Crippen LogP contribution in [0.2, 0.25) is 10.0 Å². The van der Waals surface area contributed by atoms with E-state index in [0.29, 0.717) is 16.1 Å². The zero-order valence-electron chi connectivity index (χ0n) is 18.0. The van der Waals surface area contributed by atoms with Gasteiger partial charge in [0.2, 0.25) is 5.91 Å². The van der Waals surface area contributed by atoms with Crippen molar-refractivity contribution >= 4 is 51.5 Å². The maximum absolute atomic E-state index is 12.5. The van der Waals surface area contributed by atoms with E-state index >= 15 is 0 Å². The highest BCUT2D eigenvalue weighted by molar-refractivity contribution is 6.42. The number of aryl methyl sites for hydroxylation is 1. The van der Waals surface area contributed by atoms with Gasteiger partial charge in [-0.05, 0) is 75.0 Å². The number of nitrogens with zero attached hydrogens (tertiary/aromatic N) is 3. The highest BCUT2D eigenvalue weighted by Crippen LogP contribution is 2.28. The second kappa shape index (κ2) is 9.03. The molecule has 4 rings (SSSR count). The van der Waals surface area contributed by atoms with Gasteiger partial charge in [0.15, 0.2) is 0 Å². The molecule has 1 unspecified atom stereocenters. The Balaban J connectivity index is 1.49. The van der Waals surface area contributed by atoms with E-state index in [4.69, 9.17) is 28.2 Å². The Morgan fingerprint density at radius 2 is 1.97 bits per heavy atom. The fourth-order valence-corrected chi connectivity index (χ4v) is 4.35. The van der Waals surface area contributed by atoms with Gasteiger partial charge in [-0.25, -0.2) is 4.98 Å². The molecule has 1 amide bonds. The van der Waals surface area contributed by atoms with Gasteiger partial charge >= 0.3 is 0 Å². The van der Waals surface area contributed by atoms with Crippen molar-refractivity contribution in [2.45, 2.75) is 25.8 Å². The predicted octanol–water partition coefficient (Wildman–Crippen LogP) is 5.17. The summed E-state index contributed by atoms with van der Waals surface area (Å²) in [6.45, 7) is 4.10. The Morgan fingerprint density at radius 1 is 1.16 bits per heavy atom. The third-order valence-corrected chi connectivity index (χ3v) is 6.59. The summed E-state index contributed by atoms with van der Waals surface area (Å²) in [5.41, 5.74) is 3.65. The fraction of sp³-hybridized carbons (Fsp3) is 0.333. The Hall–Kier alpha value is -2.34. The van der Waals surface area contributed by atoms with E-state index in [0.717, 1.165) is 53.0 Å². The molecule has 1 aromatic heterocycles. The summed E-state index contributed by atoms with van der Waals surface area (Å²) in [6, 6.07) is 13.8. The van der Waals surface area contributed by atoms with Crippen molar-refractivity contribution < 1.29 is 4.79 Å². The maximum Gasteiger partial charge on any atom is 0.228 e. The van der Waals surface area contributed by atoms with Crippen LogP contribution < -0.4 is 10.2 Å². The van der Waals surface area contributed by atoms with E-state index in [1.165, 1.54) is 0 Å². The quantitative estimate of drug-likeness (QED) is 0.574. The van der Waals surface area contributed by atoms with Crippen LogP contribution in [-0.2, 0) is 11.2 Å². The predicted molar refractivity (Wildman–Crippen MR) is 130 cm³/mol. The van der Waals surface area contributed by atoms with Gasteiger partial charge in [-0.1, -0.05) is 29.3 Å². The molecule has 1 saturated heterocycles. The number of likely N-dealkylation sites (N-methyl/N-ethyl adjacent to an activating group) is 1. The van der Waals surface area contributed by atoms with Crippen molar-refractivity contribution in [1.29, 1.82) is 0 Å². The number of rotatable bonds is 5. The molecule has 3 aromatic rings. The number of amides is 1. The molecule has 1 aliphatic heterocycles. The van der Waals surface area contributed by atoms with Crippen LogP contribution in [0.4, 0.5) is 11.5 Å². The largest absolute Gasteiger partial charge is 0.355 e. The average molecular weight is 457 g/mol. The molecule has 162 valence electrons.